The Morgan fingerprint density at radius 1 is 1.11 bits per heavy atom. The maximum absolute atomic E-state index is 12.1. The van der Waals surface area contributed by atoms with E-state index in [-0.39, 0.29) is 5.83 Å². The third-order valence-electron chi connectivity index (χ3n) is 1.20. The number of hydrogen-bond acceptors (Lipinski definition) is 0. The largest absolute Gasteiger partial charge is 0.212 e. The molecular formula is C8H13F. The summed E-state index contributed by atoms with van der Waals surface area (Å²) in [5, 5.41) is 0. The van der Waals surface area contributed by atoms with Crippen LogP contribution in [0.15, 0.2) is 23.0 Å². The number of halogens is 1. The lowest BCUT2D eigenvalue weighted by atomic mass is 10.2. The Balaban J connectivity index is 4.25. The molecule has 0 radical (unpaired) electrons. The molecule has 0 atom stereocenters. The summed E-state index contributed by atoms with van der Waals surface area (Å²) < 4.78 is 12.1. The summed E-state index contributed by atoms with van der Waals surface area (Å²) in [5.41, 5.74) is 2.17. The van der Waals surface area contributed by atoms with Crippen LogP contribution in [-0.2, 0) is 0 Å². The fourth-order valence-corrected chi connectivity index (χ4v) is 0.443. The van der Waals surface area contributed by atoms with Crippen molar-refractivity contribution in [1.29, 1.82) is 0 Å². The van der Waals surface area contributed by atoms with Gasteiger partial charge in [-0.2, -0.15) is 0 Å². The third kappa shape index (κ3) is 3.95. The molecule has 0 amide bonds. The van der Waals surface area contributed by atoms with Crippen molar-refractivity contribution in [3.63, 3.8) is 0 Å². The topological polar surface area (TPSA) is 0 Å². The maximum atomic E-state index is 12.1. The monoisotopic (exact) mass is 128 g/mol. The minimum Gasteiger partial charge on any atom is -0.212 e. The number of allylic oxidation sites excluding steroid dienone is 4. The summed E-state index contributed by atoms with van der Waals surface area (Å²) >= 11 is 0. The lowest BCUT2D eigenvalue weighted by Gasteiger charge is -1.93. The van der Waals surface area contributed by atoms with Gasteiger partial charge < -0.3 is 0 Å². The van der Waals surface area contributed by atoms with Gasteiger partial charge in [0.05, 0.1) is 5.83 Å². The first kappa shape index (κ1) is 8.41. The van der Waals surface area contributed by atoms with Crippen LogP contribution in [0.1, 0.15) is 27.7 Å². The van der Waals surface area contributed by atoms with E-state index in [9.17, 15) is 4.39 Å². The first-order valence-corrected chi connectivity index (χ1v) is 3.02. The van der Waals surface area contributed by atoms with Gasteiger partial charge in [-0.15, -0.1) is 0 Å². The van der Waals surface area contributed by atoms with Crippen molar-refractivity contribution in [1.82, 2.24) is 0 Å². The standard InChI is InChI=1S/C8H13F/c1-6(2)7(3)5-8(4)9/h5H,1-4H3/b8-5+. The minimum atomic E-state index is -0.131. The van der Waals surface area contributed by atoms with Gasteiger partial charge >= 0.3 is 0 Å². The molecule has 9 heavy (non-hydrogen) atoms. The Hall–Kier alpha value is -0.590. The van der Waals surface area contributed by atoms with E-state index in [1.807, 2.05) is 20.8 Å². The van der Waals surface area contributed by atoms with E-state index in [2.05, 4.69) is 0 Å². The first-order chi connectivity index (χ1) is 4.04. The molecule has 0 heterocycles. The quantitative estimate of drug-likeness (QED) is 0.475. The van der Waals surface area contributed by atoms with Gasteiger partial charge in [0, 0.05) is 0 Å². The van der Waals surface area contributed by atoms with Crippen LogP contribution < -0.4 is 0 Å². The fourth-order valence-electron chi connectivity index (χ4n) is 0.443. The third-order valence-corrected chi connectivity index (χ3v) is 1.20. The van der Waals surface area contributed by atoms with Gasteiger partial charge in [-0.1, -0.05) is 5.57 Å². The molecule has 0 bridgehead atoms. The van der Waals surface area contributed by atoms with E-state index in [0.717, 1.165) is 11.1 Å². The molecule has 0 aliphatic rings. The highest BCUT2D eigenvalue weighted by Gasteiger charge is 1.87. The zero-order chi connectivity index (χ0) is 7.44. The summed E-state index contributed by atoms with van der Waals surface area (Å²) in [6.45, 7) is 7.29. The minimum absolute atomic E-state index is 0.131. The van der Waals surface area contributed by atoms with E-state index in [1.54, 1.807) is 0 Å². The molecule has 0 aliphatic carbocycles. The Labute approximate surface area is 56.1 Å². The van der Waals surface area contributed by atoms with Crippen LogP contribution in [0, 0.1) is 0 Å². The van der Waals surface area contributed by atoms with Gasteiger partial charge in [-0.05, 0) is 39.3 Å². The van der Waals surface area contributed by atoms with Crippen molar-refractivity contribution in [2.24, 2.45) is 0 Å². The molecular weight excluding hydrogens is 115 g/mol. The van der Waals surface area contributed by atoms with Crippen LogP contribution in [0.25, 0.3) is 0 Å². The zero-order valence-corrected chi connectivity index (χ0v) is 6.46. The van der Waals surface area contributed by atoms with E-state index in [4.69, 9.17) is 0 Å². The van der Waals surface area contributed by atoms with Gasteiger partial charge in [0.2, 0.25) is 0 Å². The predicted octanol–water partition coefficient (Wildman–Crippen LogP) is 3.22. The second kappa shape index (κ2) is 3.44. The van der Waals surface area contributed by atoms with E-state index < -0.39 is 0 Å². The smallest absolute Gasteiger partial charge is 0.0971 e. The van der Waals surface area contributed by atoms with Gasteiger partial charge in [0.1, 0.15) is 0 Å². The summed E-state index contributed by atoms with van der Waals surface area (Å²) in [5.74, 6) is -0.131. The van der Waals surface area contributed by atoms with Crippen LogP contribution >= 0.6 is 0 Å². The molecule has 0 aliphatic heterocycles. The Morgan fingerprint density at radius 2 is 1.56 bits per heavy atom. The molecule has 0 fully saturated rings. The highest BCUT2D eigenvalue weighted by atomic mass is 19.1. The molecule has 0 saturated heterocycles. The molecule has 1 heteroatoms. The maximum Gasteiger partial charge on any atom is 0.0971 e. The average molecular weight is 128 g/mol. The average Bonchev–Trinajstić information content (AvgIpc) is 1.63. The first-order valence-electron chi connectivity index (χ1n) is 3.02. The highest BCUT2D eigenvalue weighted by molar-refractivity contribution is 5.21. The molecule has 0 rings (SSSR count). The molecule has 0 aromatic rings. The Morgan fingerprint density at radius 3 is 1.67 bits per heavy atom. The van der Waals surface area contributed by atoms with Crippen LogP contribution in [0.4, 0.5) is 4.39 Å². The summed E-state index contributed by atoms with van der Waals surface area (Å²) in [4.78, 5) is 0. The second-order valence-corrected chi connectivity index (χ2v) is 2.41. The summed E-state index contributed by atoms with van der Waals surface area (Å²) in [6, 6.07) is 0. The van der Waals surface area contributed by atoms with Crippen molar-refractivity contribution in [3.8, 4) is 0 Å². The molecule has 0 nitrogen and oxygen atoms in total. The van der Waals surface area contributed by atoms with Crippen LogP contribution in [0.3, 0.4) is 0 Å². The SMILES string of the molecule is CC(C)=C(C)/C=C(\C)F. The summed E-state index contributed by atoms with van der Waals surface area (Å²) in [7, 11) is 0. The van der Waals surface area contributed by atoms with E-state index in [0.29, 0.717) is 0 Å². The normalized spacial score (nSPS) is 11.4. The Kier molecular flexibility index (Phi) is 3.21. The molecule has 52 valence electrons. The Bertz CT molecular complexity index is 144. The van der Waals surface area contributed by atoms with Crippen LogP contribution in [-0.4, -0.2) is 0 Å². The number of rotatable bonds is 1. The summed E-state index contributed by atoms with van der Waals surface area (Å²) in [6.07, 6.45) is 1.54. The predicted molar refractivity (Wildman–Crippen MR) is 38.9 cm³/mol. The molecule has 0 aromatic carbocycles. The van der Waals surface area contributed by atoms with Crippen molar-refractivity contribution >= 4 is 0 Å². The molecule has 0 unspecified atom stereocenters. The highest BCUT2D eigenvalue weighted by Crippen LogP contribution is 2.06. The van der Waals surface area contributed by atoms with Gasteiger partial charge in [0.25, 0.3) is 0 Å². The fraction of sp³-hybridized carbons (Fsp3) is 0.500. The number of hydrogen-bond donors (Lipinski definition) is 0. The van der Waals surface area contributed by atoms with Crippen LogP contribution in [0.5, 0.6) is 0 Å². The van der Waals surface area contributed by atoms with Gasteiger partial charge in [-0.25, -0.2) is 4.39 Å². The van der Waals surface area contributed by atoms with Crippen molar-refractivity contribution < 1.29 is 4.39 Å². The second-order valence-electron chi connectivity index (χ2n) is 2.41. The van der Waals surface area contributed by atoms with E-state index >= 15 is 0 Å². The molecule has 0 spiro atoms. The van der Waals surface area contributed by atoms with Crippen molar-refractivity contribution in [2.75, 3.05) is 0 Å². The lowest BCUT2D eigenvalue weighted by molar-refractivity contribution is 0.639. The molecule has 0 N–H and O–H groups in total. The molecule has 0 aromatic heterocycles. The van der Waals surface area contributed by atoms with Gasteiger partial charge in [-0.3, -0.25) is 0 Å². The molecule has 0 saturated carbocycles. The van der Waals surface area contributed by atoms with Gasteiger partial charge in [0.15, 0.2) is 0 Å². The zero-order valence-electron chi connectivity index (χ0n) is 6.46. The van der Waals surface area contributed by atoms with E-state index in [1.165, 1.54) is 13.0 Å². The lowest BCUT2D eigenvalue weighted by Crippen LogP contribution is -1.73. The van der Waals surface area contributed by atoms with Crippen molar-refractivity contribution in [3.05, 3.63) is 23.0 Å². The van der Waals surface area contributed by atoms with Crippen molar-refractivity contribution in [2.45, 2.75) is 27.7 Å². The van der Waals surface area contributed by atoms with Crippen LogP contribution in [0.2, 0.25) is 0 Å².